The first-order valence-electron chi connectivity index (χ1n) is 11.6. The molecule has 4 aromatic rings. The first-order valence-corrected chi connectivity index (χ1v) is 12.4. The van der Waals surface area contributed by atoms with Gasteiger partial charge in [-0.15, -0.1) is 0 Å². The van der Waals surface area contributed by atoms with Crippen LogP contribution in [0.1, 0.15) is 29.0 Å². The Balaban J connectivity index is 1.53. The average molecular weight is 520 g/mol. The summed E-state index contributed by atoms with van der Waals surface area (Å²) in [5.74, 6) is 0.605. The van der Waals surface area contributed by atoms with Crippen molar-refractivity contribution in [3.8, 4) is 5.75 Å². The van der Waals surface area contributed by atoms with E-state index in [1.165, 1.54) is 0 Å². The molecule has 36 heavy (non-hydrogen) atoms. The highest BCUT2D eigenvalue weighted by Crippen LogP contribution is 2.43. The van der Waals surface area contributed by atoms with Crippen molar-refractivity contribution in [2.75, 3.05) is 25.2 Å². The van der Waals surface area contributed by atoms with E-state index in [2.05, 4.69) is 49.1 Å². The summed E-state index contributed by atoms with van der Waals surface area (Å²) >= 11 is 12.5. The van der Waals surface area contributed by atoms with Crippen molar-refractivity contribution in [1.82, 2.24) is 19.9 Å². The third-order valence-electron chi connectivity index (χ3n) is 6.08. The summed E-state index contributed by atoms with van der Waals surface area (Å²) in [6.45, 7) is 1.60. The molecule has 0 bridgehead atoms. The average Bonchev–Trinajstić information content (AvgIpc) is 3.49. The van der Waals surface area contributed by atoms with Crippen molar-refractivity contribution in [3.63, 3.8) is 0 Å². The van der Waals surface area contributed by atoms with Gasteiger partial charge in [0.1, 0.15) is 18.4 Å². The highest BCUT2D eigenvalue weighted by molar-refractivity contribution is 7.80. The molecule has 5 rings (SSSR count). The van der Waals surface area contributed by atoms with E-state index in [9.17, 15) is 0 Å². The molecule has 184 valence electrons. The Labute approximate surface area is 220 Å². The summed E-state index contributed by atoms with van der Waals surface area (Å²) in [6, 6.07) is 19.6. The molecule has 1 aliphatic rings. The largest absolute Gasteiger partial charge is 0.490 e. The van der Waals surface area contributed by atoms with E-state index in [0.717, 1.165) is 22.6 Å². The molecule has 0 saturated carbocycles. The van der Waals surface area contributed by atoms with Crippen LogP contribution in [0.2, 0.25) is 5.02 Å². The van der Waals surface area contributed by atoms with Gasteiger partial charge in [0.15, 0.2) is 5.11 Å². The van der Waals surface area contributed by atoms with Crippen LogP contribution in [0.25, 0.3) is 0 Å². The van der Waals surface area contributed by atoms with Crippen molar-refractivity contribution < 1.29 is 9.47 Å². The number of halogens is 1. The van der Waals surface area contributed by atoms with Crippen LogP contribution in [0.5, 0.6) is 5.75 Å². The van der Waals surface area contributed by atoms with Crippen molar-refractivity contribution in [2.24, 2.45) is 0 Å². The van der Waals surface area contributed by atoms with Crippen LogP contribution >= 0.6 is 23.8 Å². The van der Waals surface area contributed by atoms with Crippen molar-refractivity contribution in [3.05, 3.63) is 107 Å². The van der Waals surface area contributed by atoms with Crippen LogP contribution in [-0.4, -0.2) is 40.0 Å². The number of hydrogen-bond donors (Lipinski definition) is 1. The van der Waals surface area contributed by atoms with Crippen LogP contribution in [0.3, 0.4) is 0 Å². The SMILES string of the molecule is COCCOc1ccc(N2C(=S)NC(c3ccccn3)C2c2cccn2Cc2cccnc2)cc1Cl. The Bertz CT molecular complexity index is 1320. The minimum Gasteiger partial charge on any atom is -0.490 e. The number of pyridine rings is 2. The molecule has 9 heteroatoms. The first kappa shape index (κ1) is 24.2. The lowest BCUT2D eigenvalue weighted by Gasteiger charge is -2.29. The Morgan fingerprint density at radius 1 is 1.06 bits per heavy atom. The summed E-state index contributed by atoms with van der Waals surface area (Å²) in [7, 11) is 1.64. The van der Waals surface area contributed by atoms with Gasteiger partial charge in [0.25, 0.3) is 0 Å². The molecule has 2 unspecified atom stereocenters. The molecule has 0 aliphatic carbocycles. The van der Waals surface area contributed by atoms with Gasteiger partial charge in [0, 0.05) is 49.8 Å². The number of ether oxygens (including phenoxy) is 2. The number of methoxy groups -OCH3 is 1. The number of hydrogen-bond acceptors (Lipinski definition) is 5. The molecule has 0 spiro atoms. The fraction of sp³-hybridized carbons (Fsp3) is 0.222. The highest BCUT2D eigenvalue weighted by atomic mass is 35.5. The number of benzene rings is 1. The molecule has 1 aliphatic heterocycles. The number of anilines is 1. The fourth-order valence-electron chi connectivity index (χ4n) is 4.45. The highest BCUT2D eigenvalue weighted by Gasteiger charge is 2.42. The molecule has 0 amide bonds. The third kappa shape index (κ3) is 5.06. The predicted octanol–water partition coefficient (Wildman–Crippen LogP) is 5.18. The van der Waals surface area contributed by atoms with Crippen LogP contribution in [0, 0.1) is 0 Å². The molecule has 1 aromatic carbocycles. The molecule has 2 atom stereocenters. The van der Waals surface area contributed by atoms with Crippen LogP contribution < -0.4 is 15.0 Å². The summed E-state index contributed by atoms with van der Waals surface area (Å²) in [4.78, 5) is 11.0. The van der Waals surface area contributed by atoms with Crippen LogP contribution in [0.15, 0.2) is 85.5 Å². The maximum absolute atomic E-state index is 6.62. The second-order valence-electron chi connectivity index (χ2n) is 8.37. The van der Waals surface area contributed by atoms with Gasteiger partial charge in [-0.05, 0) is 66.3 Å². The number of nitrogens with one attached hydrogen (secondary N) is 1. The minimum atomic E-state index is -0.157. The van der Waals surface area contributed by atoms with Gasteiger partial charge in [-0.1, -0.05) is 23.7 Å². The molecule has 7 nitrogen and oxygen atoms in total. The number of nitrogens with zero attached hydrogens (tertiary/aromatic N) is 4. The Morgan fingerprint density at radius 2 is 1.97 bits per heavy atom. The lowest BCUT2D eigenvalue weighted by molar-refractivity contribution is 0.146. The van der Waals surface area contributed by atoms with Crippen molar-refractivity contribution in [2.45, 2.75) is 18.6 Å². The van der Waals surface area contributed by atoms with Gasteiger partial charge in [0.05, 0.1) is 23.4 Å². The number of rotatable bonds is 9. The number of aromatic nitrogens is 3. The van der Waals surface area contributed by atoms with Gasteiger partial charge in [-0.25, -0.2) is 0 Å². The summed E-state index contributed by atoms with van der Waals surface area (Å²) in [6.07, 6.45) is 7.55. The van der Waals surface area contributed by atoms with E-state index >= 15 is 0 Å². The van der Waals surface area contributed by atoms with E-state index in [0.29, 0.717) is 35.6 Å². The van der Waals surface area contributed by atoms with E-state index < -0.39 is 0 Å². The van der Waals surface area contributed by atoms with Crippen LogP contribution in [-0.2, 0) is 11.3 Å². The summed E-state index contributed by atoms with van der Waals surface area (Å²) in [5, 5.41) is 4.62. The lowest BCUT2D eigenvalue weighted by Crippen LogP contribution is -2.30. The standard InChI is InChI=1S/C27H26ClN5O2S/c1-34-14-15-35-24-10-9-20(16-21(24)28)33-26(25(31-27(33)36)22-7-2-3-12-30-22)23-8-5-13-32(23)18-19-6-4-11-29-17-19/h2-13,16-17,25-26H,14-15,18H2,1H3,(H,31,36). The maximum Gasteiger partial charge on any atom is 0.174 e. The quantitative estimate of drug-likeness (QED) is 0.241. The van der Waals surface area contributed by atoms with Gasteiger partial charge >= 0.3 is 0 Å². The van der Waals surface area contributed by atoms with E-state index in [4.69, 9.17) is 33.3 Å². The van der Waals surface area contributed by atoms with Gasteiger partial charge in [-0.2, -0.15) is 0 Å². The van der Waals surface area contributed by atoms with Gasteiger partial charge in [0.2, 0.25) is 0 Å². The van der Waals surface area contributed by atoms with E-state index in [1.54, 1.807) is 19.5 Å². The van der Waals surface area contributed by atoms with E-state index in [-0.39, 0.29) is 12.1 Å². The predicted molar refractivity (Wildman–Crippen MR) is 145 cm³/mol. The maximum atomic E-state index is 6.62. The lowest BCUT2D eigenvalue weighted by atomic mass is 10.0. The zero-order chi connectivity index (χ0) is 24.9. The fourth-order valence-corrected chi connectivity index (χ4v) is 5.03. The monoisotopic (exact) mass is 519 g/mol. The molecule has 3 aromatic heterocycles. The molecule has 1 N–H and O–H groups in total. The Kier molecular flexibility index (Phi) is 7.46. The zero-order valence-corrected chi connectivity index (χ0v) is 21.3. The second kappa shape index (κ2) is 11.1. The van der Waals surface area contributed by atoms with Gasteiger partial charge < -0.3 is 24.3 Å². The first-order chi connectivity index (χ1) is 17.7. The summed E-state index contributed by atoms with van der Waals surface area (Å²) in [5.41, 5.74) is 3.99. The molecule has 0 radical (unpaired) electrons. The van der Waals surface area contributed by atoms with Crippen molar-refractivity contribution in [1.29, 1.82) is 0 Å². The number of thiocarbonyl (C=S) groups is 1. The summed E-state index contributed by atoms with van der Waals surface area (Å²) < 4.78 is 13.1. The smallest absolute Gasteiger partial charge is 0.174 e. The molecule has 4 heterocycles. The van der Waals surface area contributed by atoms with Crippen LogP contribution in [0.4, 0.5) is 5.69 Å². The normalized spacial score (nSPS) is 17.3. The third-order valence-corrected chi connectivity index (χ3v) is 6.69. The van der Waals surface area contributed by atoms with E-state index in [1.807, 2.05) is 48.7 Å². The van der Waals surface area contributed by atoms with Gasteiger partial charge in [-0.3, -0.25) is 9.97 Å². The minimum absolute atomic E-state index is 0.155. The second-order valence-corrected chi connectivity index (χ2v) is 9.17. The Morgan fingerprint density at radius 3 is 2.72 bits per heavy atom. The zero-order valence-electron chi connectivity index (χ0n) is 19.8. The Hall–Kier alpha value is -3.46. The van der Waals surface area contributed by atoms with Crippen molar-refractivity contribution >= 4 is 34.6 Å². The topological polar surface area (TPSA) is 64.4 Å². The molecular weight excluding hydrogens is 494 g/mol. The molecule has 1 fully saturated rings. The molecule has 1 saturated heterocycles. The molecular formula is C27H26ClN5O2S.